The highest BCUT2D eigenvalue weighted by Crippen LogP contribution is 2.44. The monoisotopic (exact) mass is 477 g/mol. The van der Waals surface area contributed by atoms with Gasteiger partial charge in [-0.2, -0.15) is 8.78 Å². The van der Waals surface area contributed by atoms with Crippen LogP contribution in [0.2, 0.25) is 0 Å². The lowest BCUT2D eigenvalue weighted by Crippen LogP contribution is -2.36. The molecule has 168 valence electrons. The third kappa shape index (κ3) is 4.78. The first-order chi connectivity index (χ1) is 15.5. The molecule has 2 unspecified atom stereocenters. The van der Waals surface area contributed by atoms with Gasteiger partial charge in [0.05, 0.1) is 33.1 Å². The molecule has 0 bridgehead atoms. The van der Waals surface area contributed by atoms with Crippen LogP contribution in [-0.2, 0) is 4.74 Å². The van der Waals surface area contributed by atoms with Crippen LogP contribution < -0.4 is 15.8 Å². The molecule has 2 heterocycles. The second-order valence-electron chi connectivity index (χ2n) is 6.98. The topological polar surface area (TPSA) is 86.5 Å². The number of alkyl halides is 2. The summed E-state index contributed by atoms with van der Waals surface area (Å²) in [5.41, 5.74) is 8.62. The highest BCUT2D eigenvalue weighted by Gasteiger charge is 2.40. The number of carbonyl (C=O) groups excluding carboxylic acids is 1. The molecule has 2 atom stereocenters. The molecule has 4 rings (SSSR count). The van der Waals surface area contributed by atoms with E-state index in [9.17, 15) is 13.6 Å². The number of rotatable bonds is 9. The van der Waals surface area contributed by atoms with Gasteiger partial charge in [0.1, 0.15) is 10.8 Å². The molecule has 0 spiro atoms. The number of nitrogens with one attached hydrogen (secondary N) is 1. The van der Waals surface area contributed by atoms with Gasteiger partial charge in [0.15, 0.2) is 5.78 Å². The van der Waals surface area contributed by atoms with Gasteiger partial charge in [0.25, 0.3) is 0 Å². The molecular formula is C22H21F2N3O3S2. The second kappa shape index (κ2) is 9.95. The number of nitrogens with two attached hydrogens (primary N) is 1. The SMILES string of the molecule is COCCNC1=C(c2nc3ccccc3s2)C(N)C(C(=O)c2ccc(OC(F)F)cc2)S1. The first-order valence-corrected chi connectivity index (χ1v) is 11.5. The number of carbonyl (C=O) groups is 1. The quantitative estimate of drug-likeness (QED) is 0.354. The van der Waals surface area contributed by atoms with E-state index in [2.05, 4.69) is 10.1 Å². The molecule has 1 aliphatic rings. The predicted molar refractivity (Wildman–Crippen MR) is 123 cm³/mol. The summed E-state index contributed by atoms with van der Waals surface area (Å²) >= 11 is 2.88. The Kier molecular flexibility index (Phi) is 7.04. The van der Waals surface area contributed by atoms with Crippen molar-refractivity contribution in [3.63, 3.8) is 0 Å². The van der Waals surface area contributed by atoms with Crippen LogP contribution in [0.5, 0.6) is 5.75 Å². The number of hydrogen-bond donors (Lipinski definition) is 2. The van der Waals surface area contributed by atoms with Crippen molar-refractivity contribution in [3.05, 3.63) is 64.1 Å². The largest absolute Gasteiger partial charge is 0.435 e. The first kappa shape index (κ1) is 22.7. The summed E-state index contributed by atoms with van der Waals surface area (Å²) in [6, 6.07) is 12.9. The number of nitrogens with zero attached hydrogens (tertiary/aromatic N) is 1. The molecule has 3 N–H and O–H groups in total. The third-order valence-corrected chi connectivity index (χ3v) is 7.32. The number of thioether (sulfide) groups is 1. The Morgan fingerprint density at radius 3 is 2.66 bits per heavy atom. The molecule has 0 aliphatic carbocycles. The zero-order valence-electron chi connectivity index (χ0n) is 17.1. The van der Waals surface area contributed by atoms with Crippen LogP contribution in [0, 0.1) is 0 Å². The summed E-state index contributed by atoms with van der Waals surface area (Å²) in [6.45, 7) is -1.87. The maximum absolute atomic E-state index is 13.2. The van der Waals surface area contributed by atoms with Gasteiger partial charge in [0.2, 0.25) is 0 Å². The lowest BCUT2D eigenvalue weighted by Gasteiger charge is -2.15. The van der Waals surface area contributed by atoms with Gasteiger partial charge in [-0.25, -0.2) is 4.98 Å². The number of para-hydroxylation sites is 1. The lowest BCUT2D eigenvalue weighted by molar-refractivity contribution is -0.0498. The van der Waals surface area contributed by atoms with Crippen molar-refractivity contribution in [2.75, 3.05) is 20.3 Å². The smallest absolute Gasteiger partial charge is 0.387 e. The van der Waals surface area contributed by atoms with Gasteiger partial charge in [-0.1, -0.05) is 23.9 Å². The van der Waals surface area contributed by atoms with E-state index in [-0.39, 0.29) is 11.5 Å². The molecule has 10 heteroatoms. The molecule has 32 heavy (non-hydrogen) atoms. The number of aromatic nitrogens is 1. The Bertz CT molecular complexity index is 1100. The molecule has 1 aromatic heterocycles. The van der Waals surface area contributed by atoms with E-state index in [0.717, 1.165) is 25.8 Å². The minimum atomic E-state index is -2.92. The first-order valence-electron chi connectivity index (χ1n) is 9.82. The molecule has 0 amide bonds. The van der Waals surface area contributed by atoms with E-state index < -0.39 is 17.9 Å². The molecule has 3 aromatic rings. The van der Waals surface area contributed by atoms with Crippen molar-refractivity contribution in [1.29, 1.82) is 0 Å². The van der Waals surface area contributed by atoms with Crippen LogP contribution >= 0.6 is 23.1 Å². The Balaban J connectivity index is 1.61. The number of Topliss-reactive ketones (excluding diaryl/α,β-unsaturated/α-hetero) is 1. The third-order valence-electron chi connectivity index (χ3n) is 4.89. The molecule has 2 aromatic carbocycles. The zero-order chi connectivity index (χ0) is 22.7. The zero-order valence-corrected chi connectivity index (χ0v) is 18.7. The Hall–Kier alpha value is -2.53. The summed E-state index contributed by atoms with van der Waals surface area (Å²) in [5, 5.41) is 4.30. The number of fused-ring (bicyclic) bond motifs is 1. The summed E-state index contributed by atoms with van der Waals surface area (Å²) in [7, 11) is 1.62. The van der Waals surface area contributed by atoms with E-state index in [0.29, 0.717) is 18.7 Å². The van der Waals surface area contributed by atoms with Crippen molar-refractivity contribution < 1.29 is 23.0 Å². The Labute approximate surface area is 191 Å². The molecular weight excluding hydrogens is 456 g/mol. The molecule has 1 aliphatic heterocycles. The summed E-state index contributed by atoms with van der Waals surface area (Å²) in [5.74, 6) is -0.191. The second-order valence-corrected chi connectivity index (χ2v) is 9.16. The van der Waals surface area contributed by atoms with E-state index >= 15 is 0 Å². The van der Waals surface area contributed by atoms with Crippen LogP contribution in [0.3, 0.4) is 0 Å². The summed E-state index contributed by atoms with van der Waals surface area (Å²) < 4.78 is 35.3. The number of ketones is 1. The van der Waals surface area contributed by atoms with Crippen LogP contribution in [0.25, 0.3) is 15.8 Å². The van der Waals surface area contributed by atoms with Gasteiger partial charge < -0.3 is 20.5 Å². The van der Waals surface area contributed by atoms with Gasteiger partial charge in [0, 0.05) is 24.8 Å². The molecule has 0 saturated carbocycles. The Morgan fingerprint density at radius 1 is 1.22 bits per heavy atom. The number of thiazole rings is 1. The number of hydrogen-bond acceptors (Lipinski definition) is 8. The van der Waals surface area contributed by atoms with Gasteiger partial charge in [-0.05, 0) is 36.4 Å². The van der Waals surface area contributed by atoms with Crippen molar-refractivity contribution >= 4 is 44.7 Å². The highest BCUT2D eigenvalue weighted by molar-refractivity contribution is 8.05. The summed E-state index contributed by atoms with van der Waals surface area (Å²) in [4.78, 5) is 18.0. The minimum Gasteiger partial charge on any atom is -0.435 e. The number of methoxy groups -OCH3 is 1. The van der Waals surface area contributed by atoms with Crippen molar-refractivity contribution in [2.24, 2.45) is 5.73 Å². The van der Waals surface area contributed by atoms with E-state index in [1.54, 1.807) is 7.11 Å². The molecule has 0 saturated heterocycles. The predicted octanol–water partition coefficient (Wildman–Crippen LogP) is 4.13. The lowest BCUT2D eigenvalue weighted by atomic mass is 9.99. The van der Waals surface area contributed by atoms with Crippen LogP contribution in [0.4, 0.5) is 8.78 Å². The van der Waals surface area contributed by atoms with Gasteiger partial charge in [-0.15, -0.1) is 11.3 Å². The maximum atomic E-state index is 13.2. The highest BCUT2D eigenvalue weighted by atomic mass is 32.2. The maximum Gasteiger partial charge on any atom is 0.387 e. The summed E-state index contributed by atoms with van der Waals surface area (Å²) in [6.07, 6.45) is 0. The number of halogens is 2. The Morgan fingerprint density at radius 2 is 1.97 bits per heavy atom. The number of ether oxygens (including phenoxy) is 2. The van der Waals surface area contributed by atoms with E-state index in [1.807, 2.05) is 24.3 Å². The van der Waals surface area contributed by atoms with E-state index in [1.165, 1.54) is 47.4 Å². The van der Waals surface area contributed by atoms with Crippen molar-refractivity contribution in [2.45, 2.75) is 17.9 Å². The van der Waals surface area contributed by atoms with Crippen molar-refractivity contribution in [3.8, 4) is 5.75 Å². The normalized spacial score (nSPS) is 18.5. The van der Waals surface area contributed by atoms with Crippen LogP contribution in [0.1, 0.15) is 15.4 Å². The standard InChI is InChI=1S/C22H21F2N3O3S2/c1-29-11-10-26-20-16(21-27-14-4-2-3-5-15(14)31-21)17(25)19(32-20)18(28)12-6-8-13(9-7-12)30-22(23)24/h2-9,17,19,22,26H,10-11,25H2,1H3. The fourth-order valence-corrected chi connectivity index (χ4v) is 5.83. The van der Waals surface area contributed by atoms with Gasteiger partial charge >= 0.3 is 6.61 Å². The molecule has 0 radical (unpaired) electrons. The van der Waals surface area contributed by atoms with E-state index in [4.69, 9.17) is 15.5 Å². The average Bonchev–Trinajstić information content (AvgIpc) is 3.34. The fourth-order valence-electron chi connectivity index (χ4n) is 3.38. The number of benzene rings is 2. The molecule has 0 fully saturated rings. The van der Waals surface area contributed by atoms with Gasteiger partial charge in [-0.3, -0.25) is 4.79 Å². The molecule has 6 nitrogen and oxygen atoms in total. The van der Waals surface area contributed by atoms with Crippen molar-refractivity contribution in [1.82, 2.24) is 10.3 Å². The average molecular weight is 478 g/mol. The van der Waals surface area contributed by atoms with Crippen LogP contribution in [0.15, 0.2) is 53.6 Å². The minimum absolute atomic E-state index is 0.00451. The van der Waals surface area contributed by atoms with Crippen LogP contribution in [-0.4, -0.2) is 48.9 Å². The fraction of sp³-hybridized carbons (Fsp3) is 0.273.